The quantitative estimate of drug-likeness (QED) is 0.458. The van der Waals surface area contributed by atoms with Crippen LogP contribution in [0.15, 0.2) is 64.6 Å². The van der Waals surface area contributed by atoms with E-state index in [1.165, 1.54) is 17.5 Å². The maximum Gasteiger partial charge on any atom is 0.250 e. The lowest BCUT2D eigenvalue weighted by atomic mass is 9.95. The molecule has 0 saturated heterocycles. The van der Waals surface area contributed by atoms with Gasteiger partial charge in [0, 0.05) is 17.5 Å². The van der Waals surface area contributed by atoms with Crippen LogP contribution in [0.2, 0.25) is 0 Å². The molecule has 1 saturated carbocycles. The molecule has 1 atom stereocenters. The van der Waals surface area contributed by atoms with Crippen molar-refractivity contribution in [2.75, 3.05) is 6.54 Å². The average Bonchev–Trinajstić information content (AvgIpc) is 3.52. The normalized spacial score (nSPS) is 15.2. The standard InChI is InChI=1S/C27H32N2O3S/c1-20-9-5-6-10-21(20)15-16-29(25(30)19-23-13-8-18-33-23)26(24-14-7-17-32-24)27(31)28-22-11-3-2-4-12-22/h5-10,13-14,17-18,22,26H,2-4,11-12,15-16,19H2,1H3,(H,28,31)/t26-/m1/s1. The lowest BCUT2D eigenvalue weighted by Crippen LogP contribution is -2.48. The van der Waals surface area contributed by atoms with Crippen LogP contribution < -0.4 is 5.32 Å². The van der Waals surface area contributed by atoms with Crippen LogP contribution in [0.1, 0.15) is 59.9 Å². The van der Waals surface area contributed by atoms with E-state index in [4.69, 9.17) is 4.42 Å². The Hall–Kier alpha value is -2.86. The van der Waals surface area contributed by atoms with Crippen molar-refractivity contribution in [2.24, 2.45) is 0 Å². The minimum atomic E-state index is -0.779. The van der Waals surface area contributed by atoms with Crippen molar-refractivity contribution in [3.05, 3.63) is 81.9 Å². The van der Waals surface area contributed by atoms with Gasteiger partial charge >= 0.3 is 0 Å². The largest absolute Gasteiger partial charge is 0.467 e. The number of rotatable bonds is 9. The summed E-state index contributed by atoms with van der Waals surface area (Å²) >= 11 is 1.56. The lowest BCUT2D eigenvalue weighted by Gasteiger charge is -2.32. The molecule has 0 bridgehead atoms. The summed E-state index contributed by atoms with van der Waals surface area (Å²) in [4.78, 5) is 29.8. The second kappa shape index (κ2) is 11.3. The highest BCUT2D eigenvalue weighted by atomic mass is 32.1. The topological polar surface area (TPSA) is 62.6 Å². The number of furan rings is 1. The van der Waals surface area contributed by atoms with Gasteiger partial charge in [0.05, 0.1) is 12.7 Å². The van der Waals surface area contributed by atoms with Crippen molar-refractivity contribution in [1.82, 2.24) is 10.2 Å². The van der Waals surface area contributed by atoms with Gasteiger partial charge in [-0.05, 0) is 60.9 Å². The number of aryl methyl sites for hydroxylation is 1. The fourth-order valence-corrected chi connectivity index (χ4v) is 5.29. The van der Waals surface area contributed by atoms with Crippen molar-refractivity contribution < 1.29 is 14.0 Å². The van der Waals surface area contributed by atoms with Crippen LogP contribution in [0.3, 0.4) is 0 Å². The van der Waals surface area contributed by atoms with E-state index < -0.39 is 6.04 Å². The van der Waals surface area contributed by atoms with Gasteiger partial charge in [0.2, 0.25) is 5.91 Å². The number of carbonyl (C=O) groups excluding carboxylic acids is 2. The zero-order valence-electron chi connectivity index (χ0n) is 19.2. The van der Waals surface area contributed by atoms with Crippen LogP contribution in [0.25, 0.3) is 0 Å². The number of nitrogens with one attached hydrogen (secondary N) is 1. The van der Waals surface area contributed by atoms with E-state index >= 15 is 0 Å². The van der Waals surface area contributed by atoms with E-state index in [9.17, 15) is 9.59 Å². The third-order valence-electron chi connectivity index (χ3n) is 6.43. The molecule has 2 heterocycles. The van der Waals surface area contributed by atoms with Crippen LogP contribution in [0, 0.1) is 6.92 Å². The second-order valence-electron chi connectivity index (χ2n) is 8.78. The number of hydrogen-bond donors (Lipinski definition) is 1. The van der Waals surface area contributed by atoms with Crippen LogP contribution in [0.4, 0.5) is 0 Å². The first-order valence-corrected chi connectivity index (χ1v) is 12.7. The molecule has 0 aliphatic heterocycles. The molecule has 5 nitrogen and oxygen atoms in total. The molecule has 3 aromatic rings. The maximum absolute atomic E-state index is 13.6. The van der Waals surface area contributed by atoms with Crippen molar-refractivity contribution in [1.29, 1.82) is 0 Å². The van der Waals surface area contributed by atoms with E-state index in [-0.39, 0.29) is 24.3 Å². The summed E-state index contributed by atoms with van der Waals surface area (Å²) in [6.07, 6.45) is 7.98. The molecule has 1 fully saturated rings. The Morgan fingerprint density at radius 3 is 2.61 bits per heavy atom. The summed E-state index contributed by atoms with van der Waals surface area (Å²) < 4.78 is 5.70. The van der Waals surface area contributed by atoms with E-state index in [0.717, 1.165) is 30.6 Å². The molecule has 174 valence electrons. The Kier molecular flexibility index (Phi) is 8.00. The highest BCUT2D eigenvalue weighted by Crippen LogP contribution is 2.26. The Bertz CT molecular complexity index is 1020. The Labute approximate surface area is 199 Å². The van der Waals surface area contributed by atoms with Gasteiger partial charge in [-0.15, -0.1) is 11.3 Å². The molecule has 1 aliphatic rings. The molecule has 33 heavy (non-hydrogen) atoms. The van der Waals surface area contributed by atoms with Gasteiger partial charge < -0.3 is 14.6 Å². The van der Waals surface area contributed by atoms with Crippen molar-refractivity contribution >= 4 is 23.2 Å². The molecule has 2 amide bonds. The number of amides is 2. The van der Waals surface area contributed by atoms with Crippen LogP contribution in [0.5, 0.6) is 0 Å². The Morgan fingerprint density at radius 2 is 1.91 bits per heavy atom. The van der Waals surface area contributed by atoms with Crippen LogP contribution >= 0.6 is 11.3 Å². The fraction of sp³-hybridized carbons (Fsp3) is 0.407. The number of thiophene rings is 1. The zero-order chi connectivity index (χ0) is 23.0. The molecule has 4 rings (SSSR count). The molecule has 1 N–H and O–H groups in total. The smallest absolute Gasteiger partial charge is 0.250 e. The lowest BCUT2D eigenvalue weighted by molar-refractivity contribution is -0.141. The SMILES string of the molecule is Cc1ccccc1CCN(C(=O)Cc1cccs1)[C@@H](C(=O)NC1CCCCC1)c1ccco1. The first kappa shape index (κ1) is 23.3. The van der Waals surface area contributed by atoms with Crippen LogP contribution in [-0.4, -0.2) is 29.3 Å². The minimum Gasteiger partial charge on any atom is -0.467 e. The first-order chi connectivity index (χ1) is 16.1. The monoisotopic (exact) mass is 464 g/mol. The molecule has 6 heteroatoms. The summed E-state index contributed by atoms with van der Waals surface area (Å²) in [5, 5.41) is 5.19. The molecule has 0 spiro atoms. The van der Waals surface area contributed by atoms with Gasteiger partial charge in [0.1, 0.15) is 5.76 Å². The second-order valence-corrected chi connectivity index (χ2v) is 9.81. The Balaban J connectivity index is 1.60. The van der Waals surface area contributed by atoms with Crippen molar-refractivity contribution in [3.63, 3.8) is 0 Å². The number of nitrogens with zero attached hydrogens (tertiary/aromatic N) is 1. The average molecular weight is 465 g/mol. The van der Waals surface area contributed by atoms with Crippen molar-refractivity contribution in [3.8, 4) is 0 Å². The number of hydrogen-bond acceptors (Lipinski definition) is 4. The third kappa shape index (κ3) is 6.14. The molecule has 0 unspecified atom stereocenters. The van der Waals surface area contributed by atoms with E-state index in [1.54, 1.807) is 34.6 Å². The number of benzene rings is 1. The fourth-order valence-electron chi connectivity index (χ4n) is 4.59. The molecule has 1 aromatic carbocycles. The van der Waals surface area contributed by atoms with E-state index in [0.29, 0.717) is 18.7 Å². The van der Waals surface area contributed by atoms with Gasteiger partial charge in [0.25, 0.3) is 5.91 Å². The van der Waals surface area contributed by atoms with Gasteiger partial charge in [-0.2, -0.15) is 0 Å². The minimum absolute atomic E-state index is 0.0637. The zero-order valence-corrected chi connectivity index (χ0v) is 20.0. The summed E-state index contributed by atoms with van der Waals surface area (Å²) in [6.45, 7) is 2.52. The summed E-state index contributed by atoms with van der Waals surface area (Å²) in [5.41, 5.74) is 2.36. The molecule has 1 aliphatic carbocycles. The van der Waals surface area contributed by atoms with Crippen LogP contribution in [-0.2, 0) is 22.4 Å². The van der Waals surface area contributed by atoms with Gasteiger partial charge in [-0.25, -0.2) is 0 Å². The Morgan fingerprint density at radius 1 is 1.09 bits per heavy atom. The summed E-state index contributed by atoms with van der Waals surface area (Å²) in [6, 6.07) is 15.1. The predicted octanol–water partition coefficient (Wildman–Crippen LogP) is 5.45. The van der Waals surface area contributed by atoms with E-state index in [1.807, 2.05) is 29.6 Å². The van der Waals surface area contributed by atoms with Gasteiger partial charge in [0.15, 0.2) is 6.04 Å². The molecule has 2 aromatic heterocycles. The highest BCUT2D eigenvalue weighted by Gasteiger charge is 2.34. The third-order valence-corrected chi connectivity index (χ3v) is 7.31. The molecule has 0 radical (unpaired) electrons. The number of carbonyl (C=O) groups is 2. The summed E-state index contributed by atoms with van der Waals surface area (Å²) in [5.74, 6) is 0.292. The maximum atomic E-state index is 13.6. The molecular weight excluding hydrogens is 432 g/mol. The highest BCUT2D eigenvalue weighted by molar-refractivity contribution is 7.10. The van der Waals surface area contributed by atoms with E-state index in [2.05, 4.69) is 24.4 Å². The van der Waals surface area contributed by atoms with Crippen molar-refractivity contribution in [2.45, 2.75) is 64.0 Å². The first-order valence-electron chi connectivity index (χ1n) is 11.8. The van der Waals surface area contributed by atoms with Gasteiger partial charge in [-0.1, -0.05) is 49.6 Å². The predicted molar refractivity (Wildman–Crippen MR) is 131 cm³/mol. The molecular formula is C27H32N2O3S. The summed E-state index contributed by atoms with van der Waals surface area (Å²) in [7, 11) is 0. The van der Waals surface area contributed by atoms with Gasteiger partial charge in [-0.3, -0.25) is 9.59 Å².